The molecule has 1 aliphatic heterocycles. The molecule has 9 heteroatoms. The normalized spacial score (nSPS) is 21.2. The monoisotopic (exact) mass is 494 g/mol. The lowest BCUT2D eigenvalue weighted by molar-refractivity contribution is -0.131. The zero-order valence-corrected chi connectivity index (χ0v) is 19.9. The molecule has 8 nitrogen and oxygen atoms in total. The molecule has 0 amide bonds. The van der Waals surface area contributed by atoms with Crippen molar-refractivity contribution in [1.82, 2.24) is 15.0 Å². The minimum absolute atomic E-state index is 0.00345. The highest BCUT2D eigenvalue weighted by Gasteiger charge is 2.31. The Hall–Kier alpha value is -3.01. The largest absolute Gasteiger partial charge is 0.459 e. The van der Waals surface area contributed by atoms with Gasteiger partial charge in [-0.1, -0.05) is 60.1 Å². The lowest BCUT2D eigenvalue weighted by Crippen LogP contribution is -2.45. The van der Waals surface area contributed by atoms with E-state index in [1.54, 1.807) is 6.07 Å². The van der Waals surface area contributed by atoms with E-state index in [2.05, 4.69) is 27.1 Å². The average molecular weight is 495 g/mol. The van der Waals surface area contributed by atoms with Gasteiger partial charge in [0.1, 0.15) is 12.2 Å². The smallest absolute Gasteiger partial charge is 0.296 e. The number of ether oxygens (including phenoxy) is 2. The fourth-order valence-electron chi connectivity index (χ4n) is 4.20. The number of fused-ring (bicyclic) bond motifs is 1. The molecule has 3 heterocycles. The number of aliphatic hydroxyl groups is 2. The number of aliphatic hydroxyl groups excluding tert-OH is 2. The van der Waals surface area contributed by atoms with E-state index in [0.717, 1.165) is 22.3 Å². The Kier molecular flexibility index (Phi) is 6.73. The van der Waals surface area contributed by atoms with E-state index in [4.69, 9.17) is 26.8 Å². The van der Waals surface area contributed by atoms with Gasteiger partial charge < -0.3 is 30.4 Å². The third kappa shape index (κ3) is 5.03. The minimum atomic E-state index is -0.799. The van der Waals surface area contributed by atoms with Crippen LogP contribution in [0.5, 0.6) is 6.01 Å². The number of benzene rings is 2. The molecule has 4 aromatic rings. The second kappa shape index (κ2) is 9.93. The summed E-state index contributed by atoms with van der Waals surface area (Å²) in [5.41, 5.74) is 11.8. The number of hydrogen-bond donors (Lipinski definition) is 4. The third-order valence-corrected chi connectivity index (χ3v) is 6.51. The van der Waals surface area contributed by atoms with Gasteiger partial charge in [-0.15, -0.1) is 0 Å². The molecule has 0 saturated carbocycles. The van der Waals surface area contributed by atoms with Gasteiger partial charge in [0.05, 0.1) is 35.6 Å². The molecular formula is C26H27ClN4O4. The first-order valence-electron chi connectivity index (χ1n) is 11.5. The Bertz CT molecular complexity index is 1310. The Labute approximate surface area is 207 Å². The predicted molar refractivity (Wildman–Crippen MR) is 134 cm³/mol. The van der Waals surface area contributed by atoms with E-state index in [-0.39, 0.29) is 25.3 Å². The maximum Gasteiger partial charge on any atom is 0.296 e. The highest BCUT2D eigenvalue weighted by Crippen LogP contribution is 2.32. The number of imidazole rings is 1. The second-order valence-electron chi connectivity index (χ2n) is 8.82. The number of nitrogens with zero attached hydrogens (tertiary/aromatic N) is 2. The molecule has 0 bridgehead atoms. The van der Waals surface area contributed by atoms with Crippen molar-refractivity contribution in [2.24, 2.45) is 5.73 Å². The quantitative estimate of drug-likeness (QED) is 0.320. The Morgan fingerprint density at radius 2 is 1.77 bits per heavy atom. The van der Waals surface area contributed by atoms with Crippen molar-refractivity contribution in [3.63, 3.8) is 0 Å². The van der Waals surface area contributed by atoms with Gasteiger partial charge in [-0.3, -0.25) is 0 Å². The summed E-state index contributed by atoms with van der Waals surface area (Å²) in [6, 6.07) is 18.3. The van der Waals surface area contributed by atoms with Crippen LogP contribution in [0.25, 0.3) is 33.5 Å². The fraction of sp³-hybridized carbons (Fsp3) is 0.308. The maximum absolute atomic E-state index is 10.1. The summed E-state index contributed by atoms with van der Waals surface area (Å²) in [7, 11) is 0. The molecule has 1 aliphatic rings. The minimum Gasteiger partial charge on any atom is -0.459 e. The fourth-order valence-corrected chi connectivity index (χ4v) is 4.46. The van der Waals surface area contributed by atoms with E-state index in [0.29, 0.717) is 28.3 Å². The van der Waals surface area contributed by atoms with Gasteiger partial charge in [0.25, 0.3) is 6.01 Å². The molecular weight excluding hydrogens is 468 g/mol. The Morgan fingerprint density at radius 3 is 2.40 bits per heavy atom. The number of pyridine rings is 1. The predicted octanol–water partition coefficient (Wildman–Crippen LogP) is 3.85. The molecule has 0 spiro atoms. The topological polar surface area (TPSA) is 127 Å². The van der Waals surface area contributed by atoms with Gasteiger partial charge in [-0.2, -0.15) is 4.98 Å². The number of aromatic amines is 1. The van der Waals surface area contributed by atoms with Crippen LogP contribution in [0.4, 0.5) is 0 Å². The van der Waals surface area contributed by atoms with E-state index in [1.165, 1.54) is 0 Å². The molecule has 1 saturated heterocycles. The number of nitrogens with one attached hydrogen (secondary N) is 1. The molecule has 5 N–H and O–H groups in total. The Balaban J connectivity index is 1.34. The molecule has 2 aromatic heterocycles. The second-order valence-corrected chi connectivity index (χ2v) is 9.22. The van der Waals surface area contributed by atoms with Gasteiger partial charge in [0.15, 0.2) is 5.65 Å². The van der Waals surface area contributed by atoms with Crippen molar-refractivity contribution in [2.45, 2.75) is 37.7 Å². The highest BCUT2D eigenvalue weighted by atomic mass is 35.5. The molecule has 5 rings (SSSR count). The van der Waals surface area contributed by atoms with E-state index >= 15 is 0 Å². The molecule has 35 heavy (non-hydrogen) atoms. The lowest BCUT2D eigenvalue weighted by Gasteiger charge is -2.31. The van der Waals surface area contributed by atoms with Crippen LogP contribution >= 0.6 is 11.6 Å². The number of rotatable bonds is 6. The molecule has 4 atom stereocenters. The molecule has 0 radical (unpaired) electrons. The number of H-pyrrole nitrogens is 1. The molecule has 1 unspecified atom stereocenters. The zero-order valence-electron chi connectivity index (χ0n) is 19.2. The number of hydrogen-bond acceptors (Lipinski definition) is 7. The lowest BCUT2D eigenvalue weighted by atomic mass is 10.00. The average Bonchev–Trinajstić information content (AvgIpc) is 3.24. The SMILES string of the molecule is CC(N)c1ccc(-c2ccc(-c3nc4nc(O[C@H]5CO[C@H](CO)[C@@H](O)C5)[nH]c4cc3Cl)cc2)cc1. The van der Waals surface area contributed by atoms with Crippen molar-refractivity contribution >= 4 is 22.8 Å². The van der Waals surface area contributed by atoms with Crippen molar-refractivity contribution in [1.29, 1.82) is 0 Å². The van der Waals surface area contributed by atoms with E-state index in [1.807, 2.05) is 43.3 Å². The molecule has 0 aliphatic carbocycles. The Morgan fingerprint density at radius 1 is 1.11 bits per heavy atom. The van der Waals surface area contributed by atoms with Crippen molar-refractivity contribution < 1.29 is 19.7 Å². The summed E-state index contributed by atoms with van der Waals surface area (Å²) in [6.07, 6.45) is -1.44. The summed E-state index contributed by atoms with van der Waals surface area (Å²) >= 11 is 6.55. The van der Waals surface area contributed by atoms with Gasteiger partial charge in [-0.05, 0) is 29.7 Å². The van der Waals surface area contributed by atoms with Crippen LogP contribution < -0.4 is 10.5 Å². The van der Waals surface area contributed by atoms with Crippen molar-refractivity contribution in [3.8, 4) is 28.4 Å². The van der Waals surface area contributed by atoms with Crippen LogP contribution in [-0.2, 0) is 4.74 Å². The van der Waals surface area contributed by atoms with Crippen LogP contribution in [0.3, 0.4) is 0 Å². The summed E-state index contributed by atoms with van der Waals surface area (Å²) in [5, 5.41) is 19.8. The summed E-state index contributed by atoms with van der Waals surface area (Å²) < 4.78 is 11.3. The zero-order chi connectivity index (χ0) is 24.5. The van der Waals surface area contributed by atoms with Gasteiger partial charge in [0, 0.05) is 18.0 Å². The van der Waals surface area contributed by atoms with Gasteiger partial charge in [-0.25, -0.2) is 4.98 Å². The van der Waals surface area contributed by atoms with E-state index in [9.17, 15) is 10.2 Å². The van der Waals surface area contributed by atoms with E-state index < -0.39 is 18.3 Å². The van der Waals surface area contributed by atoms with Gasteiger partial charge >= 0.3 is 0 Å². The molecule has 1 fully saturated rings. The van der Waals surface area contributed by atoms with Crippen molar-refractivity contribution in [2.75, 3.05) is 13.2 Å². The standard InChI is InChI=1S/C26H27ClN4O4/c1-14(28)15-2-4-16(5-3-15)17-6-8-18(9-7-17)24-20(27)11-21-25(30-24)31-26(29-21)35-19-10-22(33)23(12-32)34-13-19/h2-9,11,14,19,22-23,32-33H,10,12-13,28H2,1H3,(H,29,30,31)/t14?,19-,22+,23-/m1/s1. The first kappa shape index (κ1) is 23.7. The summed E-state index contributed by atoms with van der Waals surface area (Å²) in [4.78, 5) is 12.2. The molecule has 182 valence electrons. The number of nitrogens with two attached hydrogens (primary N) is 1. The van der Waals surface area contributed by atoms with Crippen LogP contribution in [0, 0.1) is 0 Å². The van der Waals surface area contributed by atoms with Crippen LogP contribution in [0.1, 0.15) is 24.9 Å². The third-order valence-electron chi connectivity index (χ3n) is 6.22. The summed E-state index contributed by atoms with van der Waals surface area (Å²) in [6.45, 7) is 1.98. The first-order chi connectivity index (χ1) is 16.9. The van der Waals surface area contributed by atoms with Crippen LogP contribution in [0.15, 0.2) is 54.6 Å². The first-order valence-corrected chi connectivity index (χ1v) is 11.9. The summed E-state index contributed by atoms with van der Waals surface area (Å²) in [5.74, 6) is 0. The highest BCUT2D eigenvalue weighted by molar-refractivity contribution is 6.33. The maximum atomic E-state index is 10.1. The van der Waals surface area contributed by atoms with Crippen LogP contribution in [-0.4, -0.2) is 56.7 Å². The molecule has 2 aromatic carbocycles. The number of halogens is 1. The van der Waals surface area contributed by atoms with Crippen LogP contribution in [0.2, 0.25) is 5.02 Å². The number of aromatic nitrogens is 3. The van der Waals surface area contributed by atoms with Crippen molar-refractivity contribution in [3.05, 3.63) is 65.2 Å². The van der Waals surface area contributed by atoms with Gasteiger partial charge in [0.2, 0.25) is 0 Å².